The molecule has 0 spiro atoms. The highest BCUT2D eigenvalue weighted by atomic mass is 16.5. The molecule has 0 unspecified atom stereocenters. The summed E-state index contributed by atoms with van der Waals surface area (Å²) in [6.45, 7) is 0.208. The Morgan fingerprint density at radius 2 is 1.59 bits per heavy atom. The average Bonchev–Trinajstić information content (AvgIpc) is 3.04. The molecule has 7 heteroatoms. The van der Waals surface area contributed by atoms with Gasteiger partial charge in [0.15, 0.2) is 0 Å². The van der Waals surface area contributed by atoms with Crippen LogP contribution < -0.4 is 10.9 Å². The fraction of sp³-hybridized carbons (Fsp3) is 0.136. The van der Waals surface area contributed by atoms with Gasteiger partial charge < -0.3 is 20.1 Å². The number of hydrogen-bond donors (Lipinski definition) is 3. The van der Waals surface area contributed by atoms with E-state index in [1.54, 1.807) is 0 Å². The Morgan fingerprint density at radius 3 is 2.17 bits per heavy atom. The first kappa shape index (κ1) is 18.5. The first-order valence-corrected chi connectivity index (χ1v) is 9.09. The van der Waals surface area contributed by atoms with Crippen molar-refractivity contribution in [3.05, 3.63) is 93.4 Å². The molecule has 4 rings (SSSR count). The predicted molar refractivity (Wildman–Crippen MR) is 106 cm³/mol. The normalized spacial score (nSPS) is 12.1. The number of carbonyl (C=O) groups excluding carboxylic acids is 1. The topological polar surface area (TPSA) is 108 Å². The van der Waals surface area contributed by atoms with Crippen LogP contribution in [0.25, 0.3) is 11.1 Å². The lowest BCUT2D eigenvalue weighted by Gasteiger charge is -2.14. The number of amides is 1. The molecule has 0 saturated heterocycles. The summed E-state index contributed by atoms with van der Waals surface area (Å²) in [5, 5.41) is 11.4. The molecule has 0 bridgehead atoms. The molecule has 1 aliphatic carbocycles. The molecule has 0 saturated carbocycles. The number of hydrogen-bond acceptors (Lipinski definition) is 4. The van der Waals surface area contributed by atoms with E-state index in [4.69, 9.17) is 9.84 Å². The monoisotopic (exact) mass is 390 g/mol. The number of ether oxygens (including phenoxy) is 1. The Balaban J connectivity index is 1.40. The van der Waals surface area contributed by atoms with Gasteiger partial charge in [-0.15, -0.1) is 0 Å². The van der Waals surface area contributed by atoms with Crippen LogP contribution in [0.2, 0.25) is 0 Å². The van der Waals surface area contributed by atoms with E-state index >= 15 is 0 Å². The van der Waals surface area contributed by atoms with Crippen molar-refractivity contribution in [2.75, 3.05) is 6.61 Å². The van der Waals surface area contributed by atoms with Crippen LogP contribution >= 0.6 is 0 Å². The lowest BCUT2D eigenvalue weighted by molar-refractivity contribution is 0.0694. The molecule has 3 aromatic rings. The Hall–Kier alpha value is -3.87. The van der Waals surface area contributed by atoms with Gasteiger partial charge in [-0.1, -0.05) is 48.5 Å². The second-order valence-corrected chi connectivity index (χ2v) is 6.71. The number of rotatable bonds is 5. The van der Waals surface area contributed by atoms with Crippen LogP contribution in [0, 0.1) is 0 Å². The molecular formula is C22H18N2O5. The summed E-state index contributed by atoms with van der Waals surface area (Å²) in [6, 6.07) is 18.8. The van der Waals surface area contributed by atoms with Crippen molar-refractivity contribution in [1.82, 2.24) is 10.3 Å². The van der Waals surface area contributed by atoms with Gasteiger partial charge in [0.25, 0.3) is 5.56 Å². The summed E-state index contributed by atoms with van der Waals surface area (Å²) in [6.07, 6.45) is -0.616. The zero-order chi connectivity index (χ0) is 20.4. The molecule has 1 heterocycles. The standard InChI is InChI=1S/C22H18N2O5/c25-20-18(21(26)27)10-9-13(24-20)11-23-22(28)29-12-19-16-7-3-1-5-14(16)15-6-2-4-8-17(15)19/h1-10,19H,11-12H2,(H,23,28)(H,24,25)(H,26,27). The zero-order valence-electron chi connectivity index (χ0n) is 15.3. The molecule has 1 amide bonds. The maximum atomic E-state index is 12.1. The van der Waals surface area contributed by atoms with Gasteiger partial charge in [-0.25, -0.2) is 9.59 Å². The predicted octanol–water partition coefficient (Wildman–Crippen LogP) is 3.11. The number of fused-ring (bicyclic) bond motifs is 3. The van der Waals surface area contributed by atoms with Gasteiger partial charge in [-0.05, 0) is 34.4 Å². The molecule has 1 aliphatic rings. The van der Waals surface area contributed by atoms with Gasteiger partial charge in [0.05, 0.1) is 6.54 Å². The van der Waals surface area contributed by atoms with Crippen LogP contribution in [0.15, 0.2) is 65.5 Å². The minimum Gasteiger partial charge on any atom is -0.477 e. The zero-order valence-corrected chi connectivity index (χ0v) is 15.3. The number of carboxylic acid groups (broad SMARTS) is 1. The van der Waals surface area contributed by atoms with Crippen molar-refractivity contribution in [3.63, 3.8) is 0 Å². The summed E-state index contributed by atoms with van der Waals surface area (Å²) in [5.74, 6) is -1.34. The third kappa shape index (κ3) is 3.62. The van der Waals surface area contributed by atoms with Gasteiger partial charge in [-0.3, -0.25) is 4.79 Å². The molecular weight excluding hydrogens is 372 g/mol. The van der Waals surface area contributed by atoms with E-state index in [2.05, 4.69) is 22.4 Å². The molecule has 146 valence electrons. The largest absolute Gasteiger partial charge is 0.477 e. The van der Waals surface area contributed by atoms with E-state index in [-0.39, 0.29) is 24.6 Å². The maximum Gasteiger partial charge on any atom is 0.407 e. The van der Waals surface area contributed by atoms with Crippen LogP contribution in [0.4, 0.5) is 4.79 Å². The minimum atomic E-state index is -1.30. The summed E-state index contributed by atoms with van der Waals surface area (Å²) in [5.41, 5.74) is 3.85. The second-order valence-electron chi connectivity index (χ2n) is 6.71. The van der Waals surface area contributed by atoms with Crippen molar-refractivity contribution in [2.24, 2.45) is 0 Å². The number of H-pyrrole nitrogens is 1. The molecule has 29 heavy (non-hydrogen) atoms. The molecule has 7 nitrogen and oxygen atoms in total. The lowest BCUT2D eigenvalue weighted by atomic mass is 9.98. The van der Waals surface area contributed by atoms with Crippen molar-refractivity contribution >= 4 is 12.1 Å². The molecule has 1 aromatic heterocycles. The van der Waals surface area contributed by atoms with Crippen molar-refractivity contribution in [1.29, 1.82) is 0 Å². The SMILES string of the molecule is O=C(NCc1ccc(C(=O)O)c(=O)[nH]1)OCC1c2ccccc2-c2ccccc21. The fourth-order valence-electron chi connectivity index (χ4n) is 3.60. The number of pyridine rings is 1. The van der Waals surface area contributed by atoms with Gasteiger partial charge in [0, 0.05) is 11.6 Å². The van der Waals surface area contributed by atoms with Crippen LogP contribution in [-0.2, 0) is 11.3 Å². The van der Waals surface area contributed by atoms with Crippen molar-refractivity contribution in [2.45, 2.75) is 12.5 Å². The highest BCUT2D eigenvalue weighted by Gasteiger charge is 2.28. The summed E-state index contributed by atoms with van der Waals surface area (Å²) < 4.78 is 5.42. The highest BCUT2D eigenvalue weighted by Crippen LogP contribution is 2.44. The quantitative estimate of drug-likeness (QED) is 0.620. The Labute approximate surface area is 166 Å². The van der Waals surface area contributed by atoms with Crippen LogP contribution in [-0.4, -0.2) is 28.8 Å². The van der Waals surface area contributed by atoms with Gasteiger partial charge in [0.2, 0.25) is 0 Å². The lowest BCUT2D eigenvalue weighted by Crippen LogP contribution is -2.27. The summed E-state index contributed by atoms with van der Waals surface area (Å²) in [4.78, 5) is 37.1. The number of aromatic carboxylic acids is 1. The number of carboxylic acids is 1. The van der Waals surface area contributed by atoms with E-state index < -0.39 is 17.6 Å². The van der Waals surface area contributed by atoms with Crippen molar-refractivity contribution in [3.8, 4) is 11.1 Å². The van der Waals surface area contributed by atoms with Crippen LogP contribution in [0.1, 0.15) is 33.1 Å². The first-order chi connectivity index (χ1) is 14.0. The molecule has 0 fully saturated rings. The third-order valence-corrected chi connectivity index (χ3v) is 4.97. The summed E-state index contributed by atoms with van der Waals surface area (Å²) in [7, 11) is 0. The fourth-order valence-corrected chi connectivity index (χ4v) is 3.60. The van der Waals surface area contributed by atoms with Crippen LogP contribution in [0.3, 0.4) is 0 Å². The average molecular weight is 390 g/mol. The first-order valence-electron chi connectivity index (χ1n) is 9.09. The Kier molecular flexibility index (Phi) is 4.87. The highest BCUT2D eigenvalue weighted by molar-refractivity contribution is 5.87. The van der Waals surface area contributed by atoms with E-state index in [9.17, 15) is 14.4 Å². The van der Waals surface area contributed by atoms with Gasteiger partial charge >= 0.3 is 12.1 Å². The second kappa shape index (κ2) is 7.63. The number of nitrogens with one attached hydrogen (secondary N) is 2. The Bertz CT molecular complexity index is 1110. The molecule has 0 aliphatic heterocycles. The number of alkyl carbamates (subject to hydrolysis) is 1. The molecule has 0 atom stereocenters. The van der Waals surface area contributed by atoms with E-state index in [1.165, 1.54) is 12.1 Å². The minimum absolute atomic E-state index is 0.0197. The maximum absolute atomic E-state index is 12.1. The summed E-state index contributed by atoms with van der Waals surface area (Å²) >= 11 is 0. The van der Waals surface area contributed by atoms with Gasteiger partial charge in [0.1, 0.15) is 12.2 Å². The van der Waals surface area contributed by atoms with Gasteiger partial charge in [-0.2, -0.15) is 0 Å². The molecule has 3 N–H and O–H groups in total. The van der Waals surface area contributed by atoms with Crippen LogP contribution in [0.5, 0.6) is 0 Å². The third-order valence-electron chi connectivity index (χ3n) is 4.97. The number of carbonyl (C=O) groups is 2. The van der Waals surface area contributed by atoms with E-state index in [1.807, 2.05) is 36.4 Å². The number of aromatic amines is 1. The van der Waals surface area contributed by atoms with Crippen molar-refractivity contribution < 1.29 is 19.4 Å². The molecule has 0 radical (unpaired) electrons. The van der Waals surface area contributed by atoms with E-state index in [0.717, 1.165) is 22.3 Å². The number of aromatic nitrogens is 1. The van der Waals surface area contributed by atoms with E-state index in [0.29, 0.717) is 5.69 Å². The number of benzene rings is 2. The smallest absolute Gasteiger partial charge is 0.407 e. The molecule has 2 aromatic carbocycles. The Morgan fingerprint density at radius 1 is 0.966 bits per heavy atom.